The Kier molecular flexibility index (Phi) is 6.56. The molecule has 0 unspecified atom stereocenters. The SMILES string of the molecule is Cc1nn(Cc2ccc(C(=O)Nc3c(C)nn(Cc4ccc(Cl)cc4Cl)c3C)o2)c(C)c1Cl. The van der Waals surface area contributed by atoms with E-state index in [-0.39, 0.29) is 11.7 Å². The third kappa shape index (κ3) is 4.81. The van der Waals surface area contributed by atoms with Crippen LogP contribution in [0.2, 0.25) is 15.1 Å². The molecule has 4 rings (SSSR count). The van der Waals surface area contributed by atoms with Crippen LogP contribution in [-0.2, 0) is 13.1 Å². The van der Waals surface area contributed by atoms with Crippen molar-refractivity contribution < 1.29 is 9.21 Å². The van der Waals surface area contributed by atoms with Gasteiger partial charge >= 0.3 is 0 Å². The molecule has 0 atom stereocenters. The molecule has 1 amide bonds. The fraction of sp³-hybridized carbons (Fsp3) is 0.261. The van der Waals surface area contributed by atoms with Crippen LogP contribution in [0.1, 0.15) is 44.7 Å². The summed E-state index contributed by atoms with van der Waals surface area (Å²) >= 11 is 18.5. The molecule has 0 aliphatic carbocycles. The quantitative estimate of drug-likeness (QED) is 0.337. The van der Waals surface area contributed by atoms with Crippen LogP contribution in [0.4, 0.5) is 5.69 Å². The van der Waals surface area contributed by atoms with Gasteiger partial charge in [0.15, 0.2) is 5.76 Å². The summed E-state index contributed by atoms with van der Waals surface area (Å²) in [5.41, 5.74) is 4.60. The van der Waals surface area contributed by atoms with Crippen molar-refractivity contribution in [2.45, 2.75) is 40.8 Å². The summed E-state index contributed by atoms with van der Waals surface area (Å²) in [5.74, 6) is 0.441. The maximum atomic E-state index is 12.8. The molecule has 0 radical (unpaired) electrons. The second-order valence-corrected chi connectivity index (χ2v) is 9.02. The van der Waals surface area contributed by atoms with E-state index in [4.69, 9.17) is 39.2 Å². The van der Waals surface area contributed by atoms with E-state index >= 15 is 0 Å². The summed E-state index contributed by atoms with van der Waals surface area (Å²) in [6.07, 6.45) is 0. The van der Waals surface area contributed by atoms with Crippen molar-refractivity contribution in [3.8, 4) is 0 Å². The highest BCUT2D eigenvalue weighted by Crippen LogP contribution is 2.26. The van der Waals surface area contributed by atoms with Gasteiger partial charge in [0.25, 0.3) is 5.91 Å². The van der Waals surface area contributed by atoms with Gasteiger partial charge in [-0.25, -0.2) is 0 Å². The van der Waals surface area contributed by atoms with Gasteiger partial charge in [-0.3, -0.25) is 14.2 Å². The molecule has 0 saturated carbocycles. The minimum Gasteiger partial charge on any atom is -0.454 e. The number of rotatable bonds is 6. The van der Waals surface area contributed by atoms with Crippen LogP contribution in [0.25, 0.3) is 0 Å². The molecule has 0 saturated heterocycles. The summed E-state index contributed by atoms with van der Waals surface area (Å²) in [6.45, 7) is 8.29. The number of nitrogens with one attached hydrogen (secondary N) is 1. The second kappa shape index (κ2) is 9.25. The lowest BCUT2D eigenvalue weighted by molar-refractivity contribution is 0.0994. The topological polar surface area (TPSA) is 77.9 Å². The highest BCUT2D eigenvalue weighted by molar-refractivity contribution is 6.35. The van der Waals surface area contributed by atoms with E-state index in [1.807, 2.05) is 33.8 Å². The monoisotopic (exact) mass is 505 g/mol. The van der Waals surface area contributed by atoms with Gasteiger partial charge < -0.3 is 9.73 Å². The molecular formula is C23H22Cl3N5O2. The lowest BCUT2D eigenvalue weighted by Gasteiger charge is -2.08. The van der Waals surface area contributed by atoms with Crippen molar-refractivity contribution in [1.82, 2.24) is 19.6 Å². The van der Waals surface area contributed by atoms with Crippen molar-refractivity contribution in [1.29, 1.82) is 0 Å². The van der Waals surface area contributed by atoms with Crippen molar-refractivity contribution in [2.24, 2.45) is 0 Å². The van der Waals surface area contributed by atoms with E-state index in [1.165, 1.54) is 0 Å². The molecule has 1 N–H and O–H groups in total. The number of halogens is 3. The number of anilines is 1. The highest BCUT2D eigenvalue weighted by Gasteiger charge is 2.19. The van der Waals surface area contributed by atoms with Crippen LogP contribution >= 0.6 is 34.8 Å². The lowest BCUT2D eigenvalue weighted by Crippen LogP contribution is -2.13. The summed E-state index contributed by atoms with van der Waals surface area (Å²) in [5, 5.41) is 13.6. The van der Waals surface area contributed by atoms with Crippen LogP contribution in [-0.4, -0.2) is 25.5 Å². The van der Waals surface area contributed by atoms with E-state index in [1.54, 1.807) is 33.6 Å². The standard InChI is InChI=1S/C23H22Cl3N5O2/c1-12-21(26)14(3)31(28-12)11-18-7-8-20(33-18)23(32)27-22-13(2)29-30(15(22)4)10-16-5-6-17(24)9-19(16)25/h5-9H,10-11H2,1-4H3,(H,27,32). The Hall–Kier alpha value is -2.74. The van der Waals surface area contributed by atoms with Gasteiger partial charge in [0.1, 0.15) is 5.76 Å². The molecule has 33 heavy (non-hydrogen) atoms. The maximum absolute atomic E-state index is 12.8. The molecule has 7 nitrogen and oxygen atoms in total. The van der Waals surface area contributed by atoms with E-state index in [0.29, 0.717) is 45.3 Å². The van der Waals surface area contributed by atoms with Crippen molar-refractivity contribution >= 4 is 46.4 Å². The molecule has 10 heteroatoms. The van der Waals surface area contributed by atoms with Gasteiger partial charge in [-0.05, 0) is 57.5 Å². The maximum Gasteiger partial charge on any atom is 0.291 e. The number of hydrogen-bond acceptors (Lipinski definition) is 4. The third-order valence-corrected chi connectivity index (χ3v) is 6.57. The van der Waals surface area contributed by atoms with Crippen LogP contribution in [0.5, 0.6) is 0 Å². The number of furan rings is 1. The largest absolute Gasteiger partial charge is 0.454 e. The number of benzene rings is 1. The third-order valence-electron chi connectivity index (χ3n) is 5.44. The fourth-order valence-corrected chi connectivity index (χ4v) is 4.18. The smallest absolute Gasteiger partial charge is 0.291 e. The average molecular weight is 507 g/mol. The first-order chi connectivity index (χ1) is 15.6. The molecule has 3 heterocycles. The summed E-state index contributed by atoms with van der Waals surface area (Å²) in [6, 6.07) is 8.73. The Morgan fingerprint density at radius 2 is 1.64 bits per heavy atom. The Morgan fingerprint density at radius 1 is 0.939 bits per heavy atom. The van der Waals surface area contributed by atoms with Crippen LogP contribution in [0, 0.1) is 27.7 Å². The molecule has 1 aromatic carbocycles. The van der Waals surface area contributed by atoms with Crippen LogP contribution < -0.4 is 5.32 Å². The Morgan fingerprint density at radius 3 is 2.30 bits per heavy atom. The lowest BCUT2D eigenvalue weighted by atomic mass is 10.2. The first-order valence-electron chi connectivity index (χ1n) is 10.2. The van der Waals surface area contributed by atoms with Gasteiger partial charge in [0.05, 0.1) is 46.6 Å². The van der Waals surface area contributed by atoms with E-state index in [9.17, 15) is 4.79 Å². The molecule has 0 spiro atoms. The van der Waals surface area contributed by atoms with E-state index in [2.05, 4.69) is 15.5 Å². The normalized spacial score (nSPS) is 11.2. The predicted molar refractivity (Wildman–Crippen MR) is 130 cm³/mol. The first-order valence-corrected chi connectivity index (χ1v) is 11.3. The number of aryl methyl sites for hydroxylation is 2. The zero-order chi connectivity index (χ0) is 23.9. The van der Waals surface area contributed by atoms with E-state index < -0.39 is 0 Å². The van der Waals surface area contributed by atoms with Crippen molar-refractivity contribution in [3.05, 3.63) is 85.3 Å². The number of nitrogens with zero attached hydrogens (tertiary/aromatic N) is 4. The summed E-state index contributed by atoms with van der Waals surface area (Å²) in [7, 11) is 0. The van der Waals surface area contributed by atoms with Crippen LogP contribution in [0.15, 0.2) is 34.7 Å². The molecular weight excluding hydrogens is 485 g/mol. The number of aromatic nitrogens is 4. The molecule has 0 aliphatic heterocycles. The average Bonchev–Trinajstić information content (AvgIpc) is 3.40. The second-order valence-electron chi connectivity index (χ2n) is 7.80. The zero-order valence-electron chi connectivity index (χ0n) is 18.5. The van der Waals surface area contributed by atoms with Gasteiger partial charge in [-0.15, -0.1) is 0 Å². The Bertz CT molecular complexity index is 1350. The number of amides is 1. The number of carbonyl (C=O) groups is 1. The van der Waals surface area contributed by atoms with Crippen molar-refractivity contribution in [3.63, 3.8) is 0 Å². The fourth-order valence-electron chi connectivity index (χ4n) is 3.58. The minimum absolute atomic E-state index is 0.199. The Labute approximate surface area is 206 Å². The Balaban J connectivity index is 1.49. The van der Waals surface area contributed by atoms with Crippen LogP contribution in [0.3, 0.4) is 0 Å². The number of hydrogen-bond donors (Lipinski definition) is 1. The molecule has 0 bridgehead atoms. The molecule has 4 aromatic rings. The molecule has 0 fully saturated rings. The van der Waals surface area contributed by atoms with Gasteiger partial charge in [0.2, 0.25) is 0 Å². The zero-order valence-corrected chi connectivity index (χ0v) is 20.8. The number of carbonyl (C=O) groups excluding carboxylic acids is 1. The highest BCUT2D eigenvalue weighted by atomic mass is 35.5. The van der Waals surface area contributed by atoms with Crippen molar-refractivity contribution in [2.75, 3.05) is 5.32 Å². The molecule has 0 aliphatic rings. The van der Waals surface area contributed by atoms with Gasteiger partial charge in [-0.2, -0.15) is 10.2 Å². The minimum atomic E-state index is -0.358. The van der Waals surface area contributed by atoms with Gasteiger partial charge in [-0.1, -0.05) is 40.9 Å². The molecule has 3 aromatic heterocycles. The van der Waals surface area contributed by atoms with Gasteiger partial charge in [0, 0.05) is 10.0 Å². The predicted octanol–water partition coefficient (Wildman–Crippen LogP) is 6.22. The first kappa shape index (κ1) is 23.4. The summed E-state index contributed by atoms with van der Waals surface area (Å²) < 4.78 is 9.30. The van der Waals surface area contributed by atoms with E-state index in [0.717, 1.165) is 22.6 Å². The molecule has 172 valence electrons. The summed E-state index contributed by atoms with van der Waals surface area (Å²) in [4.78, 5) is 12.8.